The first-order valence-corrected chi connectivity index (χ1v) is 16.4. The summed E-state index contributed by atoms with van der Waals surface area (Å²) in [6, 6.07) is 4.88. The van der Waals surface area contributed by atoms with E-state index in [1.165, 1.54) is 20.8 Å². The summed E-state index contributed by atoms with van der Waals surface area (Å²) in [4.78, 5) is 85.3. The number of benzene rings is 1. The Labute approximate surface area is 277 Å². The molecule has 15 nitrogen and oxygen atoms in total. The molecule has 1 saturated carbocycles. The monoisotopic (exact) mass is 666 g/mol. The van der Waals surface area contributed by atoms with Crippen LogP contribution in [0.2, 0.25) is 0 Å². The lowest BCUT2D eigenvalue weighted by Crippen LogP contribution is -2.60. The van der Waals surface area contributed by atoms with Crippen LogP contribution in [0.4, 0.5) is 4.79 Å². The number of aromatic nitrogens is 1. The van der Waals surface area contributed by atoms with Gasteiger partial charge in [-0.15, -0.1) is 0 Å². The molecule has 5 rings (SSSR count). The van der Waals surface area contributed by atoms with Gasteiger partial charge in [0.05, 0.1) is 18.5 Å². The van der Waals surface area contributed by atoms with E-state index in [0.29, 0.717) is 23.9 Å². The van der Waals surface area contributed by atoms with Crippen molar-refractivity contribution in [3.63, 3.8) is 0 Å². The molecule has 3 fully saturated rings. The van der Waals surface area contributed by atoms with Crippen molar-refractivity contribution in [2.75, 3.05) is 45.9 Å². The average molecular weight is 667 g/mol. The molecule has 0 bridgehead atoms. The van der Waals surface area contributed by atoms with Gasteiger partial charge in [0.15, 0.2) is 6.61 Å². The van der Waals surface area contributed by atoms with Gasteiger partial charge in [0, 0.05) is 50.2 Å². The van der Waals surface area contributed by atoms with Crippen molar-refractivity contribution < 1.29 is 43.3 Å². The molecule has 1 aromatic carbocycles. The standard InChI is InChI=1S/C33H42N6O9/c1-3-47-33(46)38-14-12-37(13-15-38)32(45)25(18-29(41)42)36-30(43)24-17-27(22-9-8-20(2)16-23(22)35-24)48-19-28(40)39-11-10-26(39)31(44)34-21-6-4-5-7-21/h8-9,16-17,21,25-26H,3-7,10-15,18-19H2,1-2H3,(H,34,44)(H,36,43)(H,41,42). The third-order valence-electron chi connectivity index (χ3n) is 8.95. The quantitative estimate of drug-likeness (QED) is 0.317. The van der Waals surface area contributed by atoms with Gasteiger partial charge in [-0.05, 0) is 50.8 Å². The lowest BCUT2D eigenvalue weighted by Gasteiger charge is -2.40. The van der Waals surface area contributed by atoms with E-state index in [0.717, 1.165) is 31.2 Å². The Morgan fingerprint density at radius 3 is 2.33 bits per heavy atom. The van der Waals surface area contributed by atoms with Crippen LogP contribution in [-0.4, -0.2) is 125 Å². The molecular formula is C33H42N6O9. The Hall–Kier alpha value is -4.95. The van der Waals surface area contributed by atoms with Gasteiger partial charge in [0.1, 0.15) is 23.5 Å². The number of carbonyl (C=O) groups is 6. The van der Waals surface area contributed by atoms with Gasteiger partial charge in [-0.1, -0.05) is 18.9 Å². The number of hydrogen-bond acceptors (Lipinski definition) is 9. The second-order valence-electron chi connectivity index (χ2n) is 12.3. The molecule has 2 unspecified atom stereocenters. The van der Waals surface area contributed by atoms with Crippen LogP contribution >= 0.6 is 0 Å². The number of carboxylic acids is 1. The Kier molecular flexibility index (Phi) is 11.0. The Morgan fingerprint density at radius 1 is 0.979 bits per heavy atom. The van der Waals surface area contributed by atoms with E-state index in [-0.39, 0.29) is 68.7 Å². The highest BCUT2D eigenvalue weighted by Crippen LogP contribution is 2.28. The number of aryl methyl sites for hydroxylation is 1. The molecule has 3 N–H and O–H groups in total. The molecule has 2 saturated heterocycles. The molecule has 2 atom stereocenters. The van der Waals surface area contributed by atoms with E-state index in [4.69, 9.17) is 9.47 Å². The number of pyridine rings is 1. The highest BCUT2D eigenvalue weighted by Gasteiger charge is 2.39. The second-order valence-corrected chi connectivity index (χ2v) is 12.3. The van der Waals surface area contributed by atoms with Gasteiger partial charge in [-0.25, -0.2) is 9.78 Å². The number of nitrogens with zero attached hydrogens (tertiary/aromatic N) is 4. The molecule has 5 amide bonds. The molecule has 2 aromatic rings. The van der Waals surface area contributed by atoms with Crippen molar-refractivity contribution in [2.45, 2.75) is 70.5 Å². The van der Waals surface area contributed by atoms with Crippen LogP contribution in [0, 0.1) is 6.92 Å². The summed E-state index contributed by atoms with van der Waals surface area (Å²) < 4.78 is 10.9. The van der Waals surface area contributed by atoms with Crippen LogP contribution in [-0.2, 0) is 23.9 Å². The summed E-state index contributed by atoms with van der Waals surface area (Å²) in [6.45, 7) is 4.51. The number of nitrogens with one attached hydrogen (secondary N) is 2. The molecule has 3 heterocycles. The van der Waals surface area contributed by atoms with Gasteiger partial charge in [0.2, 0.25) is 11.8 Å². The summed E-state index contributed by atoms with van der Waals surface area (Å²) >= 11 is 0. The van der Waals surface area contributed by atoms with Crippen LogP contribution < -0.4 is 15.4 Å². The maximum atomic E-state index is 13.5. The molecule has 0 spiro atoms. The van der Waals surface area contributed by atoms with Gasteiger partial charge in [0.25, 0.3) is 11.8 Å². The first kappa shape index (κ1) is 34.4. The normalized spacial score (nSPS) is 18.5. The summed E-state index contributed by atoms with van der Waals surface area (Å²) in [5.74, 6) is -3.02. The van der Waals surface area contributed by atoms with Crippen LogP contribution in [0.3, 0.4) is 0 Å². The van der Waals surface area contributed by atoms with Gasteiger partial charge in [-0.2, -0.15) is 0 Å². The van der Waals surface area contributed by atoms with Gasteiger partial charge in [-0.3, -0.25) is 24.0 Å². The summed E-state index contributed by atoms with van der Waals surface area (Å²) in [5, 5.41) is 15.6. The van der Waals surface area contributed by atoms with Gasteiger partial charge < -0.3 is 39.9 Å². The SMILES string of the molecule is CCOC(=O)N1CCN(C(=O)C(CC(=O)O)NC(=O)c2cc(OCC(=O)N3CCC3C(=O)NC3CCCC3)c3ccc(C)cc3n2)CC1. The molecule has 1 aromatic heterocycles. The maximum absolute atomic E-state index is 13.5. The summed E-state index contributed by atoms with van der Waals surface area (Å²) in [6.07, 6.45) is 3.46. The number of carboxylic acid groups (broad SMARTS) is 1. The fourth-order valence-electron chi connectivity index (χ4n) is 6.24. The highest BCUT2D eigenvalue weighted by molar-refractivity contribution is 6.00. The smallest absolute Gasteiger partial charge is 0.409 e. The molecule has 258 valence electrons. The number of ether oxygens (including phenoxy) is 2. The average Bonchev–Trinajstić information content (AvgIpc) is 3.55. The van der Waals surface area contributed by atoms with E-state index in [2.05, 4.69) is 15.6 Å². The maximum Gasteiger partial charge on any atom is 0.409 e. The number of aliphatic carboxylic acids is 1. The van der Waals surface area contributed by atoms with Crippen LogP contribution in [0.1, 0.15) is 61.5 Å². The second kappa shape index (κ2) is 15.3. The van der Waals surface area contributed by atoms with Crippen molar-refractivity contribution in [3.05, 3.63) is 35.5 Å². The molecule has 0 radical (unpaired) electrons. The minimum Gasteiger partial charge on any atom is -0.483 e. The first-order chi connectivity index (χ1) is 23.0. The number of piperazine rings is 1. The third-order valence-corrected chi connectivity index (χ3v) is 8.95. The lowest BCUT2D eigenvalue weighted by molar-refractivity contribution is -0.149. The molecule has 48 heavy (non-hydrogen) atoms. The zero-order chi connectivity index (χ0) is 34.4. The van der Waals surface area contributed by atoms with E-state index in [1.54, 1.807) is 19.1 Å². The van der Waals surface area contributed by atoms with E-state index in [9.17, 15) is 33.9 Å². The fourth-order valence-corrected chi connectivity index (χ4v) is 6.24. The molecule has 15 heteroatoms. The number of carbonyl (C=O) groups excluding carboxylic acids is 5. The number of rotatable bonds is 11. The van der Waals surface area contributed by atoms with E-state index >= 15 is 0 Å². The Bertz CT molecular complexity index is 1570. The predicted molar refractivity (Wildman–Crippen MR) is 171 cm³/mol. The van der Waals surface area contributed by atoms with Crippen LogP contribution in [0.25, 0.3) is 10.9 Å². The number of fused-ring (bicyclic) bond motifs is 1. The zero-order valence-corrected chi connectivity index (χ0v) is 27.2. The zero-order valence-electron chi connectivity index (χ0n) is 27.2. The summed E-state index contributed by atoms with van der Waals surface area (Å²) in [5.41, 5.74) is 1.12. The minimum absolute atomic E-state index is 0.136. The number of hydrogen-bond donors (Lipinski definition) is 3. The van der Waals surface area contributed by atoms with E-state index in [1.807, 2.05) is 13.0 Å². The van der Waals surface area contributed by atoms with Crippen molar-refractivity contribution in [2.24, 2.45) is 0 Å². The highest BCUT2D eigenvalue weighted by atomic mass is 16.6. The Morgan fingerprint density at radius 2 is 1.69 bits per heavy atom. The van der Waals surface area contributed by atoms with Gasteiger partial charge >= 0.3 is 12.1 Å². The largest absolute Gasteiger partial charge is 0.483 e. The molecular weight excluding hydrogens is 624 g/mol. The number of amides is 5. The summed E-state index contributed by atoms with van der Waals surface area (Å²) in [7, 11) is 0. The lowest BCUT2D eigenvalue weighted by atomic mass is 10.0. The molecule has 2 aliphatic heterocycles. The molecule has 1 aliphatic carbocycles. The van der Waals surface area contributed by atoms with Crippen molar-refractivity contribution in [3.8, 4) is 5.75 Å². The predicted octanol–water partition coefficient (Wildman–Crippen LogP) is 1.46. The molecule has 3 aliphatic rings. The fraction of sp³-hybridized carbons (Fsp3) is 0.545. The van der Waals surface area contributed by atoms with Crippen LogP contribution in [0.5, 0.6) is 5.75 Å². The van der Waals surface area contributed by atoms with Crippen molar-refractivity contribution in [1.29, 1.82) is 0 Å². The first-order valence-electron chi connectivity index (χ1n) is 16.4. The van der Waals surface area contributed by atoms with Crippen molar-refractivity contribution >= 4 is 46.6 Å². The topological polar surface area (TPSA) is 188 Å². The van der Waals surface area contributed by atoms with Crippen LogP contribution in [0.15, 0.2) is 24.3 Å². The minimum atomic E-state index is -1.40. The Balaban J connectivity index is 1.27. The van der Waals surface area contributed by atoms with E-state index < -0.39 is 42.4 Å². The number of likely N-dealkylation sites (tertiary alicyclic amines) is 1. The van der Waals surface area contributed by atoms with Crippen molar-refractivity contribution in [1.82, 2.24) is 30.3 Å². The third kappa shape index (κ3) is 8.12.